The molecule has 2 N–H and O–H groups in total. The zero-order chi connectivity index (χ0) is 32.3. The number of rotatable bonds is 20. The van der Waals surface area contributed by atoms with Gasteiger partial charge in [0.25, 0.3) is 0 Å². The van der Waals surface area contributed by atoms with Gasteiger partial charge in [-0.05, 0) is 101 Å². The van der Waals surface area contributed by atoms with Crippen molar-refractivity contribution in [1.82, 2.24) is 0 Å². The van der Waals surface area contributed by atoms with Crippen molar-refractivity contribution in [2.75, 3.05) is 0 Å². The molecule has 0 aliphatic heterocycles. The molecule has 0 spiro atoms. The highest BCUT2D eigenvalue weighted by Gasteiger charge is 2.60. The van der Waals surface area contributed by atoms with Crippen LogP contribution in [0.1, 0.15) is 155 Å². The van der Waals surface area contributed by atoms with Crippen molar-refractivity contribution in [1.29, 1.82) is 0 Å². The Morgan fingerprint density at radius 1 is 0.535 bits per heavy atom. The van der Waals surface area contributed by atoms with Crippen LogP contribution < -0.4 is 0 Å². The van der Waals surface area contributed by atoms with E-state index in [0.29, 0.717) is 0 Å². The van der Waals surface area contributed by atoms with E-state index in [1.165, 1.54) is 0 Å². The number of ether oxygens (including phenoxy) is 1. The van der Waals surface area contributed by atoms with Crippen LogP contribution in [0.4, 0.5) is 0 Å². The Bertz CT molecular complexity index is 987. The van der Waals surface area contributed by atoms with Crippen molar-refractivity contribution in [2.24, 2.45) is 11.8 Å². The summed E-state index contributed by atoms with van der Waals surface area (Å²) in [6.07, 6.45) is 12.6. The first kappa shape index (κ1) is 37.5. The zero-order valence-corrected chi connectivity index (χ0v) is 29.6. The molecule has 244 valence electrons. The van der Waals surface area contributed by atoms with E-state index in [1.807, 2.05) is 38.1 Å². The smallest absolute Gasteiger partial charge is 0.116 e. The maximum absolute atomic E-state index is 12.9. The zero-order valence-electron chi connectivity index (χ0n) is 29.6. The number of benzene rings is 2. The number of unbranched alkanes of at least 4 members (excludes halogenated alkanes) is 4. The minimum absolute atomic E-state index is 0.118. The van der Waals surface area contributed by atoms with Crippen molar-refractivity contribution in [3.63, 3.8) is 0 Å². The van der Waals surface area contributed by atoms with Crippen molar-refractivity contribution < 1.29 is 14.9 Å². The molecule has 43 heavy (non-hydrogen) atoms. The van der Waals surface area contributed by atoms with Crippen LogP contribution in [0.2, 0.25) is 0 Å². The van der Waals surface area contributed by atoms with Gasteiger partial charge in [0.15, 0.2) is 0 Å². The molecule has 4 atom stereocenters. The molecule has 0 aliphatic rings. The van der Waals surface area contributed by atoms with Gasteiger partial charge in [0, 0.05) is 0 Å². The monoisotopic (exact) mass is 595 g/mol. The normalized spacial score (nSPS) is 17.8. The van der Waals surface area contributed by atoms with Crippen LogP contribution >= 0.6 is 0 Å². The van der Waals surface area contributed by atoms with Gasteiger partial charge < -0.3 is 14.9 Å². The van der Waals surface area contributed by atoms with Crippen LogP contribution in [0.25, 0.3) is 0 Å². The summed E-state index contributed by atoms with van der Waals surface area (Å²) in [5.41, 5.74) is -0.537. The van der Waals surface area contributed by atoms with Crippen molar-refractivity contribution in [2.45, 2.75) is 169 Å². The number of hydrogen-bond donors (Lipinski definition) is 2. The van der Waals surface area contributed by atoms with E-state index < -0.39 is 22.4 Å². The molecule has 0 saturated heterocycles. The van der Waals surface area contributed by atoms with Gasteiger partial charge in [0.1, 0.15) is 22.4 Å². The molecule has 0 aliphatic carbocycles. The van der Waals surface area contributed by atoms with Gasteiger partial charge in [-0.15, -0.1) is 0 Å². The molecule has 4 unspecified atom stereocenters. The van der Waals surface area contributed by atoms with Crippen molar-refractivity contribution in [3.05, 3.63) is 70.8 Å². The number of aryl methyl sites for hydroxylation is 2. The average Bonchev–Trinajstić information content (AvgIpc) is 2.97. The summed E-state index contributed by atoms with van der Waals surface area (Å²) in [4.78, 5) is 0. The molecular formula is C40H66O3. The van der Waals surface area contributed by atoms with E-state index >= 15 is 0 Å². The molecule has 0 fully saturated rings. The number of aliphatic hydroxyl groups is 2. The van der Waals surface area contributed by atoms with Crippen LogP contribution in [-0.2, 0) is 15.9 Å². The van der Waals surface area contributed by atoms with Crippen LogP contribution in [-0.4, -0.2) is 21.4 Å². The second-order valence-corrected chi connectivity index (χ2v) is 14.1. The lowest BCUT2D eigenvalue weighted by atomic mass is 9.64. The molecule has 2 aromatic carbocycles. The summed E-state index contributed by atoms with van der Waals surface area (Å²) in [5.74, 6) is 0.235. The SMILES string of the molecule is CCCCC(CCCC)C(C)(OC(C)(C(CCCC)CCCC)C(C)(O)c1ccccc1C)C(C)(O)c1ccccc1C. The second-order valence-electron chi connectivity index (χ2n) is 14.1. The Hall–Kier alpha value is -1.68. The van der Waals surface area contributed by atoms with Gasteiger partial charge in [-0.2, -0.15) is 0 Å². The minimum Gasteiger partial charge on any atom is -0.382 e. The van der Waals surface area contributed by atoms with E-state index in [1.54, 1.807) is 0 Å². The van der Waals surface area contributed by atoms with Crippen LogP contribution in [0.15, 0.2) is 48.5 Å². The first-order valence-electron chi connectivity index (χ1n) is 17.5. The summed E-state index contributed by atoms with van der Waals surface area (Å²) in [7, 11) is 0. The average molecular weight is 595 g/mol. The molecule has 0 bridgehead atoms. The highest BCUT2D eigenvalue weighted by molar-refractivity contribution is 5.36. The predicted octanol–water partition coefficient (Wildman–Crippen LogP) is 10.9. The van der Waals surface area contributed by atoms with E-state index in [-0.39, 0.29) is 11.8 Å². The highest BCUT2D eigenvalue weighted by atomic mass is 16.6. The molecule has 0 radical (unpaired) electrons. The van der Waals surface area contributed by atoms with Crippen LogP contribution in [0, 0.1) is 25.7 Å². The van der Waals surface area contributed by atoms with Crippen molar-refractivity contribution >= 4 is 0 Å². The third kappa shape index (κ3) is 8.33. The van der Waals surface area contributed by atoms with Crippen LogP contribution in [0.3, 0.4) is 0 Å². The fourth-order valence-electron chi connectivity index (χ4n) is 7.57. The Labute approximate surface area is 265 Å². The lowest BCUT2D eigenvalue weighted by molar-refractivity contribution is -0.311. The third-order valence-electron chi connectivity index (χ3n) is 10.9. The van der Waals surface area contributed by atoms with Gasteiger partial charge in [-0.25, -0.2) is 0 Å². The molecule has 3 heteroatoms. The first-order valence-corrected chi connectivity index (χ1v) is 17.5. The maximum atomic E-state index is 12.9. The Balaban J connectivity index is 2.94. The van der Waals surface area contributed by atoms with Gasteiger partial charge in [0.2, 0.25) is 0 Å². The largest absolute Gasteiger partial charge is 0.382 e. The molecule has 0 aromatic heterocycles. The van der Waals surface area contributed by atoms with Gasteiger partial charge >= 0.3 is 0 Å². The summed E-state index contributed by atoms with van der Waals surface area (Å²) in [6.45, 7) is 21.4. The van der Waals surface area contributed by atoms with Crippen molar-refractivity contribution in [3.8, 4) is 0 Å². The van der Waals surface area contributed by atoms with Gasteiger partial charge in [-0.1, -0.05) is 128 Å². The molecule has 0 heterocycles. The Morgan fingerprint density at radius 3 is 1.07 bits per heavy atom. The Kier molecular flexibility index (Phi) is 14.5. The lowest BCUT2D eigenvalue weighted by Gasteiger charge is -2.58. The molecule has 0 amide bonds. The predicted molar refractivity (Wildman–Crippen MR) is 184 cm³/mol. The third-order valence-corrected chi connectivity index (χ3v) is 10.9. The first-order chi connectivity index (χ1) is 20.3. The Morgan fingerprint density at radius 2 is 0.814 bits per heavy atom. The van der Waals surface area contributed by atoms with Gasteiger partial charge in [-0.3, -0.25) is 0 Å². The fraction of sp³-hybridized carbons (Fsp3) is 0.700. The topological polar surface area (TPSA) is 49.7 Å². The fourth-order valence-corrected chi connectivity index (χ4v) is 7.57. The molecular weight excluding hydrogens is 528 g/mol. The molecule has 2 rings (SSSR count). The molecule has 3 nitrogen and oxygen atoms in total. The maximum Gasteiger partial charge on any atom is 0.116 e. The molecule has 2 aromatic rings. The quantitative estimate of drug-likeness (QED) is 0.160. The van der Waals surface area contributed by atoms with Gasteiger partial charge in [0.05, 0.1) is 0 Å². The van der Waals surface area contributed by atoms with E-state index in [4.69, 9.17) is 4.74 Å². The molecule has 0 saturated carbocycles. The summed E-state index contributed by atoms with van der Waals surface area (Å²) >= 11 is 0. The second kappa shape index (κ2) is 16.6. The number of hydrogen-bond acceptors (Lipinski definition) is 3. The summed E-state index contributed by atoms with van der Waals surface area (Å²) in [6, 6.07) is 16.4. The summed E-state index contributed by atoms with van der Waals surface area (Å²) in [5, 5.41) is 25.9. The van der Waals surface area contributed by atoms with E-state index in [9.17, 15) is 10.2 Å². The standard InChI is InChI=1S/C40H66O3/c1-11-15-25-33(26-16-12-2)39(9,37(7,41)35-29-21-19-23-31(35)5)43-40(10,34(27-17-13-3)28-18-14-4)38(8,42)36-30-22-20-24-32(36)6/h19-24,29-30,33-34,41-42H,11-18,25-28H2,1-10H3. The lowest BCUT2D eigenvalue weighted by Crippen LogP contribution is -2.65. The van der Waals surface area contributed by atoms with E-state index in [2.05, 4.69) is 79.7 Å². The van der Waals surface area contributed by atoms with Crippen LogP contribution in [0.5, 0.6) is 0 Å². The minimum atomic E-state index is -1.28. The van der Waals surface area contributed by atoms with E-state index in [0.717, 1.165) is 99.3 Å². The summed E-state index contributed by atoms with van der Waals surface area (Å²) < 4.78 is 7.79. The highest BCUT2D eigenvalue weighted by Crippen LogP contribution is 2.54.